The highest BCUT2D eigenvalue weighted by Gasteiger charge is 2.17. The first-order valence-corrected chi connectivity index (χ1v) is 6.95. The zero-order valence-electron chi connectivity index (χ0n) is 11.7. The van der Waals surface area contributed by atoms with E-state index in [-0.39, 0.29) is 5.91 Å². The lowest BCUT2D eigenvalue weighted by Gasteiger charge is -2.22. The van der Waals surface area contributed by atoms with Crippen LogP contribution in [0.5, 0.6) is 0 Å². The second-order valence-corrected chi connectivity index (χ2v) is 5.05. The highest BCUT2D eigenvalue weighted by molar-refractivity contribution is 5.75. The highest BCUT2D eigenvalue weighted by atomic mass is 16.1. The van der Waals surface area contributed by atoms with E-state index in [4.69, 9.17) is 0 Å². The van der Waals surface area contributed by atoms with Gasteiger partial charge in [0.25, 0.3) is 0 Å². The second-order valence-electron chi connectivity index (χ2n) is 5.05. The molecule has 0 spiro atoms. The van der Waals surface area contributed by atoms with Gasteiger partial charge in [0.05, 0.1) is 0 Å². The van der Waals surface area contributed by atoms with E-state index in [2.05, 4.69) is 26.7 Å². The molecule has 1 amide bonds. The van der Waals surface area contributed by atoms with Crippen molar-refractivity contribution in [1.82, 2.24) is 20.6 Å². The molecule has 0 saturated carbocycles. The fraction of sp³-hybridized carbons (Fsp3) is 0.643. The van der Waals surface area contributed by atoms with Crippen LogP contribution in [0.2, 0.25) is 0 Å². The van der Waals surface area contributed by atoms with Crippen molar-refractivity contribution in [2.45, 2.75) is 38.5 Å². The Labute approximate surface area is 114 Å². The van der Waals surface area contributed by atoms with Crippen molar-refractivity contribution in [3.05, 3.63) is 23.3 Å². The lowest BCUT2D eigenvalue weighted by Crippen LogP contribution is -2.29. The number of carbonyl (C=O) groups excluding carboxylic acids is 1. The van der Waals surface area contributed by atoms with Crippen molar-refractivity contribution in [3.8, 4) is 0 Å². The number of carbonyl (C=O) groups is 1. The summed E-state index contributed by atoms with van der Waals surface area (Å²) in [5.41, 5.74) is 2.09. The van der Waals surface area contributed by atoms with Gasteiger partial charge < -0.3 is 10.6 Å². The molecule has 1 aromatic heterocycles. The lowest BCUT2D eigenvalue weighted by atomic mass is 9.95. The van der Waals surface area contributed by atoms with Crippen LogP contribution in [0.4, 0.5) is 0 Å². The fourth-order valence-electron chi connectivity index (χ4n) is 2.46. The molecule has 19 heavy (non-hydrogen) atoms. The highest BCUT2D eigenvalue weighted by Crippen LogP contribution is 2.22. The zero-order valence-corrected chi connectivity index (χ0v) is 11.7. The van der Waals surface area contributed by atoms with Crippen LogP contribution in [0.1, 0.15) is 42.4 Å². The Morgan fingerprint density at radius 2 is 2.37 bits per heavy atom. The SMILES string of the molecule is CNC(=O)CCc1cc([C@@H]2CCCNC2)nc(C)n1. The van der Waals surface area contributed by atoms with Gasteiger partial charge in [0.15, 0.2) is 0 Å². The van der Waals surface area contributed by atoms with Crippen LogP contribution in [-0.2, 0) is 11.2 Å². The molecule has 1 atom stereocenters. The molecule has 5 heteroatoms. The third-order valence-corrected chi connectivity index (χ3v) is 3.51. The normalized spacial score (nSPS) is 19.2. The number of nitrogens with zero attached hydrogens (tertiary/aromatic N) is 2. The summed E-state index contributed by atoms with van der Waals surface area (Å²) in [6, 6.07) is 2.06. The first-order chi connectivity index (χ1) is 9.19. The van der Waals surface area contributed by atoms with Crippen molar-refractivity contribution >= 4 is 5.91 Å². The third-order valence-electron chi connectivity index (χ3n) is 3.51. The van der Waals surface area contributed by atoms with Crippen molar-refractivity contribution in [3.63, 3.8) is 0 Å². The van der Waals surface area contributed by atoms with Crippen LogP contribution in [0.15, 0.2) is 6.07 Å². The van der Waals surface area contributed by atoms with Crippen molar-refractivity contribution in [2.75, 3.05) is 20.1 Å². The van der Waals surface area contributed by atoms with E-state index < -0.39 is 0 Å². The van der Waals surface area contributed by atoms with Crippen LogP contribution >= 0.6 is 0 Å². The molecular formula is C14H22N4O. The molecule has 0 unspecified atom stereocenters. The number of piperidine rings is 1. The predicted octanol–water partition coefficient (Wildman–Crippen LogP) is 0.931. The Bertz CT molecular complexity index is 441. The van der Waals surface area contributed by atoms with Gasteiger partial charge in [-0.3, -0.25) is 4.79 Å². The van der Waals surface area contributed by atoms with Crippen LogP contribution in [-0.4, -0.2) is 36.0 Å². The maximum atomic E-state index is 11.3. The summed E-state index contributed by atoms with van der Waals surface area (Å²) in [6.45, 7) is 4.01. The maximum Gasteiger partial charge on any atom is 0.220 e. The number of aryl methyl sites for hydroxylation is 2. The average molecular weight is 262 g/mol. The molecule has 2 rings (SSSR count). The van der Waals surface area contributed by atoms with Gasteiger partial charge in [-0.1, -0.05) is 0 Å². The first kappa shape index (κ1) is 13.9. The van der Waals surface area contributed by atoms with Gasteiger partial charge in [0.1, 0.15) is 5.82 Å². The zero-order chi connectivity index (χ0) is 13.7. The number of amides is 1. The number of nitrogens with one attached hydrogen (secondary N) is 2. The van der Waals surface area contributed by atoms with E-state index in [0.29, 0.717) is 18.8 Å². The molecule has 0 radical (unpaired) electrons. The molecule has 0 bridgehead atoms. The summed E-state index contributed by atoms with van der Waals surface area (Å²) >= 11 is 0. The smallest absolute Gasteiger partial charge is 0.220 e. The number of rotatable bonds is 4. The molecule has 5 nitrogen and oxygen atoms in total. The molecule has 1 fully saturated rings. The summed E-state index contributed by atoms with van der Waals surface area (Å²) in [6.07, 6.45) is 3.53. The Morgan fingerprint density at radius 3 is 3.05 bits per heavy atom. The molecule has 2 heterocycles. The minimum Gasteiger partial charge on any atom is -0.359 e. The summed E-state index contributed by atoms with van der Waals surface area (Å²) in [5.74, 6) is 1.33. The van der Waals surface area contributed by atoms with Gasteiger partial charge in [-0.25, -0.2) is 9.97 Å². The largest absolute Gasteiger partial charge is 0.359 e. The molecule has 1 aromatic rings. The number of aromatic nitrogens is 2. The molecular weight excluding hydrogens is 240 g/mol. The standard InChI is InChI=1S/C14H22N4O/c1-10-17-12(5-6-14(19)15-2)8-13(18-10)11-4-3-7-16-9-11/h8,11,16H,3-7,9H2,1-2H3,(H,15,19)/t11-/m1/s1. The third kappa shape index (κ3) is 3.99. The van der Waals surface area contributed by atoms with Gasteiger partial charge in [-0.15, -0.1) is 0 Å². The Hall–Kier alpha value is -1.49. The molecule has 0 aromatic carbocycles. The minimum atomic E-state index is 0.0529. The number of hydrogen-bond donors (Lipinski definition) is 2. The van der Waals surface area contributed by atoms with E-state index in [1.165, 1.54) is 12.8 Å². The monoisotopic (exact) mass is 262 g/mol. The second kappa shape index (κ2) is 6.61. The van der Waals surface area contributed by atoms with E-state index in [0.717, 1.165) is 30.3 Å². The first-order valence-electron chi connectivity index (χ1n) is 6.95. The molecule has 2 N–H and O–H groups in total. The van der Waals surface area contributed by atoms with E-state index >= 15 is 0 Å². The Balaban J connectivity index is 2.07. The van der Waals surface area contributed by atoms with Crippen molar-refractivity contribution in [2.24, 2.45) is 0 Å². The summed E-state index contributed by atoms with van der Waals surface area (Å²) in [7, 11) is 1.66. The Kier molecular flexibility index (Phi) is 4.85. The maximum absolute atomic E-state index is 11.3. The van der Waals surface area contributed by atoms with E-state index in [1.807, 2.05) is 6.92 Å². The molecule has 0 aliphatic carbocycles. The van der Waals surface area contributed by atoms with E-state index in [1.54, 1.807) is 7.05 Å². The predicted molar refractivity (Wildman–Crippen MR) is 74.0 cm³/mol. The average Bonchev–Trinajstić information content (AvgIpc) is 2.45. The quantitative estimate of drug-likeness (QED) is 0.847. The van der Waals surface area contributed by atoms with Crippen LogP contribution in [0.3, 0.4) is 0 Å². The molecule has 104 valence electrons. The van der Waals surface area contributed by atoms with Crippen molar-refractivity contribution in [1.29, 1.82) is 0 Å². The molecule has 1 aliphatic rings. The lowest BCUT2D eigenvalue weighted by molar-refractivity contribution is -0.120. The van der Waals surface area contributed by atoms with Crippen LogP contribution in [0.25, 0.3) is 0 Å². The van der Waals surface area contributed by atoms with Gasteiger partial charge in [-0.05, 0) is 38.8 Å². The number of hydrogen-bond acceptors (Lipinski definition) is 4. The summed E-state index contributed by atoms with van der Waals surface area (Å²) in [5, 5.41) is 6.04. The molecule has 1 saturated heterocycles. The molecule has 1 aliphatic heterocycles. The van der Waals surface area contributed by atoms with Gasteiger partial charge in [0, 0.05) is 37.3 Å². The minimum absolute atomic E-state index is 0.0529. The van der Waals surface area contributed by atoms with E-state index in [9.17, 15) is 4.79 Å². The van der Waals surface area contributed by atoms with Gasteiger partial charge in [-0.2, -0.15) is 0 Å². The van der Waals surface area contributed by atoms with Crippen LogP contribution in [0, 0.1) is 6.92 Å². The topological polar surface area (TPSA) is 66.9 Å². The summed E-state index contributed by atoms with van der Waals surface area (Å²) in [4.78, 5) is 20.3. The van der Waals surface area contributed by atoms with Gasteiger partial charge in [0.2, 0.25) is 5.91 Å². The van der Waals surface area contributed by atoms with Crippen LogP contribution < -0.4 is 10.6 Å². The van der Waals surface area contributed by atoms with Gasteiger partial charge >= 0.3 is 0 Å². The summed E-state index contributed by atoms with van der Waals surface area (Å²) < 4.78 is 0. The Morgan fingerprint density at radius 1 is 1.53 bits per heavy atom. The van der Waals surface area contributed by atoms with Crippen molar-refractivity contribution < 1.29 is 4.79 Å². The fourth-order valence-corrected chi connectivity index (χ4v) is 2.46.